The Hall–Kier alpha value is -0.820. The number of rotatable bonds is 5. The van der Waals surface area contributed by atoms with Crippen molar-refractivity contribution in [1.29, 1.82) is 0 Å². The van der Waals surface area contributed by atoms with Gasteiger partial charge >= 0.3 is 0 Å². The van der Waals surface area contributed by atoms with Crippen molar-refractivity contribution in [3.63, 3.8) is 0 Å². The minimum Gasteiger partial charge on any atom is -0.316 e. The molecule has 0 aliphatic heterocycles. The smallest absolute Gasteiger partial charge is 0.0160 e. The molecule has 100 valence electrons. The summed E-state index contributed by atoms with van der Waals surface area (Å²) in [6.45, 7) is 7.05. The molecule has 1 aromatic rings. The van der Waals surface area contributed by atoms with Crippen LogP contribution in [0.1, 0.15) is 51.5 Å². The molecule has 0 saturated heterocycles. The van der Waals surface area contributed by atoms with E-state index in [1.54, 1.807) is 5.56 Å². The maximum absolute atomic E-state index is 3.59. The van der Waals surface area contributed by atoms with E-state index in [1.165, 1.54) is 19.3 Å². The number of hydrogen-bond donors (Lipinski definition) is 1. The van der Waals surface area contributed by atoms with Crippen molar-refractivity contribution in [2.75, 3.05) is 7.05 Å². The first kappa shape index (κ1) is 13.6. The Labute approximate surface area is 112 Å². The largest absolute Gasteiger partial charge is 0.316 e. The van der Waals surface area contributed by atoms with Gasteiger partial charge in [0.1, 0.15) is 0 Å². The fourth-order valence-electron chi connectivity index (χ4n) is 4.46. The zero-order valence-electron chi connectivity index (χ0n) is 12.2. The SMILES string of the molecule is CCC1C(NC)C(CC)(CC)C1c1ccccc1. The normalized spacial score (nSPS) is 29.9. The van der Waals surface area contributed by atoms with Crippen molar-refractivity contribution in [3.05, 3.63) is 35.9 Å². The molecule has 1 N–H and O–H groups in total. The van der Waals surface area contributed by atoms with Gasteiger partial charge in [-0.05, 0) is 42.7 Å². The van der Waals surface area contributed by atoms with Crippen LogP contribution >= 0.6 is 0 Å². The van der Waals surface area contributed by atoms with E-state index in [9.17, 15) is 0 Å². The Balaban J connectivity index is 2.37. The van der Waals surface area contributed by atoms with Crippen molar-refractivity contribution < 1.29 is 0 Å². The second-order valence-electron chi connectivity index (χ2n) is 5.67. The average molecular weight is 245 g/mol. The lowest BCUT2D eigenvalue weighted by Gasteiger charge is -2.62. The third kappa shape index (κ3) is 1.80. The van der Waals surface area contributed by atoms with E-state index in [1.807, 2.05) is 0 Å². The maximum atomic E-state index is 3.59. The van der Waals surface area contributed by atoms with Gasteiger partial charge in [0.15, 0.2) is 0 Å². The molecule has 1 aliphatic rings. The zero-order chi connectivity index (χ0) is 13.2. The maximum Gasteiger partial charge on any atom is 0.0160 e. The summed E-state index contributed by atoms with van der Waals surface area (Å²) in [5.74, 6) is 1.52. The standard InChI is InChI=1S/C17H27N/c1-5-14-15(13-11-9-8-10-12-13)17(6-2,7-3)16(14)18-4/h8-12,14-16,18H,5-7H2,1-4H3. The van der Waals surface area contributed by atoms with Crippen molar-refractivity contribution in [2.45, 2.75) is 52.0 Å². The first-order valence-electron chi connectivity index (χ1n) is 7.47. The van der Waals surface area contributed by atoms with Gasteiger partial charge in [-0.25, -0.2) is 0 Å². The topological polar surface area (TPSA) is 12.0 Å². The first-order chi connectivity index (χ1) is 8.75. The molecule has 18 heavy (non-hydrogen) atoms. The third-order valence-corrected chi connectivity index (χ3v) is 5.35. The van der Waals surface area contributed by atoms with Crippen molar-refractivity contribution in [2.24, 2.45) is 11.3 Å². The summed E-state index contributed by atoms with van der Waals surface area (Å²) in [6.07, 6.45) is 3.81. The highest BCUT2D eigenvalue weighted by atomic mass is 15.0. The zero-order valence-corrected chi connectivity index (χ0v) is 12.2. The Morgan fingerprint density at radius 3 is 2.11 bits per heavy atom. The van der Waals surface area contributed by atoms with Crippen LogP contribution in [0.2, 0.25) is 0 Å². The highest BCUT2D eigenvalue weighted by Crippen LogP contribution is 2.61. The molecule has 3 atom stereocenters. The molecular weight excluding hydrogens is 218 g/mol. The lowest BCUT2D eigenvalue weighted by molar-refractivity contribution is -0.0468. The highest BCUT2D eigenvalue weighted by molar-refractivity contribution is 5.30. The van der Waals surface area contributed by atoms with Gasteiger partial charge in [0, 0.05) is 6.04 Å². The van der Waals surface area contributed by atoms with Crippen molar-refractivity contribution in [3.8, 4) is 0 Å². The van der Waals surface area contributed by atoms with Crippen LogP contribution in [0.3, 0.4) is 0 Å². The predicted molar refractivity (Wildman–Crippen MR) is 78.8 cm³/mol. The quantitative estimate of drug-likeness (QED) is 0.819. The van der Waals surface area contributed by atoms with Crippen LogP contribution < -0.4 is 5.32 Å². The lowest BCUT2D eigenvalue weighted by Crippen LogP contribution is -2.63. The van der Waals surface area contributed by atoms with Gasteiger partial charge in [-0.2, -0.15) is 0 Å². The molecule has 1 aliphatic carbocycles. The fourth-order valence-corrected chi connectivity index (χ4v) is 4.46. The van der Waals surface area contributed by atoms with E-state index in [4.69, 9.17) is 0 Å². The summed E-state index contributed by atoms with van der Waals surface area (Å²) in [4.78, 5) is 0. The number of hydrogen-bond acceptors (Lipinski definition) is 1. The fraction of sp³-hybridized carbons (Fsp3) is 0.647. The lowest BCUT2D eigenvalue weighted by atomic mass is 9.45. The molecule has 0 spiro atoms. The summed E-state index contributed by atoms with van der Waals surface area (Å²) >= 11 is 0. The first-order valence-corrected chi connectivity index (χ1v) is 7.47. The van der Waals surface area contributed by atoms with E-state index in [-0.39, 0.29) is 0 Å². The van der Waals surface area contributed by atoms with Gasteiger partial charge in [0.05, 0.1) is 0 Å². The molecule has 1 fully saturated rings. The molecule has 1 aromatic carbocycles. The Kier molecular flexibility index (Phi) is 4.11. The van der Waals surface area contributed by atoms with Crippen LogP contribution in [0, 0.1) is 11.3 Å². The van der Waals surface area contributed by atoms with Gasteiger partial charge in [0.2, 0.25) is 0 Å². The summed E-state index contributed by atoms with van der Waals surface area (Å²) < 4.78 is 0. The van der Waals surface area contributed by atoms with Crippen LogP contribution in [0.5, 0.6) is 0 Å². The minimum absolute atomic E-state index is 0.455. The van der Waals surface area contributed by atoms with E-state index in [0.717, 1.165) is 11.8 Å². The van der Waals surface area contributed by atoms with Gasteiger partial charge in [-0.15, -0.1) is 0 Å². The predicted octanol–water partition coefficient (Wildman–Crippen LogP) is 4.20. The van der Waals surface area contributed by atoms with E-state index in [0.29, 0.717) is 11.5 Å². The molecule has 0 heterocycles. The van der Waals surface area contributed by atoms with Crippen LogP contribution in [-0.4, -0.2) is 13.1 Å². The molecule has 1 heteroatoms. The van der Waals surface area contributed by atoms with Crippen LogP contribution in [0.4, 0.5) is 0 Å². The second kappa shape index (κ2) is 5.44. The molecule has 1 nitrogen and oxygen atoms in total. The molecule has 0 amide bonds. The van der Waals surface area contributed by atoms with Crippen LogP contribution in [-0.2, 0) is 0 Å². The summed E-state index contributed by atoms with van der Waals surface area (Å²) in [5, 5.41) is 3.59. The third-order valence-electron chi connectivity index (χ3n) is 5.35. The summed E-state index contributed by atoms with van der Waals surface area (Å²) in [6, 6.07) is 11.8. The van der Waals surface area contributed by atoms with E-state index in [2.05, 4.69) is 63.5 Å². The molecular formula is C17H27N. The van der Waals surface area contributed by atoms with Gasteiger partial charge in [-0.1, -0.05) is 57.5 Å². The Morgan fingerprint density at radius 1 is 1.06 bits per heavy atom. The molecule has 0 radical (unpaired) electrons. The van der Waals surface area contributed by atoms with E-state index >= 15 is 0 Å². The Morgan fingerprint density at radius 2 is 1.67 bits per heavy atom. The highest BCUT2D eigenvalue weighted by Gasteiger charge is 2.58. The molecule has 2 rings (SSSR count). The van der Waals surface area contributed by atoms with Crippen LogP contribution in [0.25, 0.3) is 0 Å². The van der Waals surface area contributed by atoms with Gasteiger partial charge in [0.25, 0.3) is 0 Å². The van der Waals surface area contributed by atoms with Gasteiger partial charge < -0.3 is 5.32 Å². The van der Waals surface area contributed by atoms with Crippen molar-refractivity contribution in [1.82, 2.24) is 5.32 Å². The van der Waals surface area contributed by atoms with Gasteiger partial charge in [-0.3, -0.25) is 0 Å². The molecule has 1 saturated carbocycles. The second-order valence-corrected chi connectivity index (χ2v) is 5.67. The summed E-state index contributed by atoms with van der Waals surface area (Å²) in [7, 11) is 2.13. The monoisotopic (exact) mass is 245 g/mol. The van der Waals surface area contributed by atoms with Crippen LogP contribution in [0.15, 0.2) is 30.3 Å². The minimum atomic E-state index is 0.455. The van der Waals surface area contributed by atoms with E-state index < -0.39 is 0 Å². The number of nitrogens with one attached hydrogen (secondary N) is 1. The molecule has 0 bridgehead atoms. The summed E-state index contributed by atoms with van der Waals surface area (Å²) in [5.41, 5.74) is 2.00. The molecule has 0 aromatic heterocycles. The van der Waals surface area contributed by atoms with Crippen molar-refractivity contribution >= 4 is 0 Å². The number of benzene rings is 1. The average Bonchev–Trinajstić information content (AvgIpc) is 2.41. The Bertz CT molecular complexity index is 366. The molecule has 3 unspecified atom stereocenters.